The maximum atomic E-state index is 12.3. The van der Waals surface area contributed by atoms with Crippen LogP contribution in [-0.4, -0.2) is 40.7 Å². The predicted molar refractivity (Wildman–Crippen MR) is 85.2 cm³/mol. The lowest BCUT2D eigenvalue weighted by Gasteiger charge is -2.32. The average molecular weight is 356 g/mol. The van der Waals surface area contributed by atoms with Crippen molar-refractivity contribution in [2.75, 3.05) is 11.9 Å². The molecule has 0 aliphatic carbocycles. The molecule has 1 saturated heterocycles. The third-order valence-corrected chi connectivity index (χ3v) is 4.17. The van der Waals surface area contributed by atoms with Crippen LogP contribution in [0, 0.1) is 0 Å². The lowest BCUT2D eigenvalue weighted by molar-refractivity contribution is -0.152. The highest BCUT2D eigenvalue weighted by Crippen LogP contribution is 2.27. The number of ether oxygens (including phenoxy) is 2. The van der Waals surface area contributed by atoms with Crippen LogP contribution in [0.2, 0.25) is 0 Å². The zero-order chi connectivity index (χ0) is 15.5. The van der Waals surface area contributed by atoms with Crippen molar-refractivity contribution in [3.05, 3.63) is 35.9 Å². The van der Waals surface area contributed by atoms with E-state index in [9.17, 15) is 4.79 Å². The van der Waals surface area contributed by atoms with Gasteiger partial charge in [-0.1, -0.05) is 46.3 Å². The molecule has 2 unspecified atom stereocenters. The lowest BCUT2D eigenvalue weighted by atomic mass is 10.1. The molecule has 0 N–H and O–H groups in total. The van der Waals surface area contributed by atoms with Crippen LogP contribution in [-0.2, 0) is 20.8 Å². The van der Waals surface area contributed by atoms with Gasteiger partial charge in [-0.05, 0) is 26.3 Å². The Kier molecular flexibility index (Phi) is 5.41. The van der Waals surface area contributed by atoms with E-state index >= 15 is 0 Å². The van der Waals surface area contributed by atoms with Gasteiger partial charge in [0.25, 0.3) is 0 Å². The fourth-order valence-corrected chi connectivity index (χ4v) is 2.79. The van der Waals surface area contributed by atoms with Crippen molar-refractivity contribution >= 4 is 21.8 Å². The van der Waals surface area contributed by atoms with Gasteiger partial charge in [-0.2, -0.15) is 0 Å². The lowest BCUT2D eigenvalue weighted by Crippen LogP contribution is -2.46. The number of hydrogen-bond acceptors (Lipinski definition) is 3. The van der Waals surface area contributed by atoms with Gasteiger partial charge in [-0.15, -0.1) is 0 Å². The molecule has 0 bridgehead atoms. The zero-order valence-corrected chi connectivity index (χ0v) is 14.3. The van der Waals surface area contributed by atoms with E-state index in [1.54, 1.807) is 0 Å². The first-order valence-corrected chi connectivity index (χ1v) is 8.26. The summed E-state index contributed by atoms with van der Waals surface area (Å²) in [4.78, 5) is 14.1. The highest BCUT2D eigenvalue weighted by molar-refractivity contribution is 9.09. The van der Waals surface area contributed by atoms with E-state index in [-0.39, 0.29) is 18.1 Å². The van der Waals surface area contributed by atoms with E-state index in [1.807, 2.05) is 56.0 Å². The first-order valence-electron chi connectivity index (χ1n) is 7.14. The summed E-state index contributed by atoms with van der Waals surface area (Å²) >= 11 is 3.26. The Labute approximate surface area is 134 Å². The summed E-state index contributed by atoms with van der Waals surface area (Å²) in [5.74, 6) is -0.519. The van der Waals surface area contributed by atoms with Crippen LogP contribution in [0.1, 0.15) is 26.3 Å². The van der Waals surface area contributed by atoms with Crippen LogP contribution in [0.25, 0.3) is 0 Å². The van der Waals surface area contributed by atoms with Gasteiger partial charge in [0.05, 0.1) is 18.0 Å². The van der Waals surface area contributed by atoms with Crippen LogP contribution in [0.4, 0.5) is 0 Å². The molecule has 0 aromatic heterocycles. The predicted octanol–water partition coefficient (Wildman–Crippen LogP) is 2.95. The molecule has 0 spiro atoms. The Morgan fingerprint density at radius 3 is 2.62 bits per heavy atom. The minimum atomic E-state index is -0.575. The molecule has 1 heterocycles. The van der Waals surface area contributed by atoms with Crippen molar-refractivity contribution in [1.29, 1.82) is 0 Å². The number of carbonyl (C=O) groups excluding carboxylic acids is 1. The first-order chi connectivity index (χ1) is 9.93. The maximum Gasteiger partial charge on any atom is 0.233 e. The number of amides is 1. The van der Waals surface area contributed by atoms with Crippen LogP contribution in [0.3, 0.4) is 0 Å². The second-order valence-electron chi connectivity index (χ2n) is 5.75. The van der Waals surface area contributed by atoms with Gasteiger partial charge in [-0.25, -0.2) is 0 Å². The van der Waals surface area contributed by atoms with Crippen LogP contribution in [0.15, 0.2) is 30.3 Å². The Balaban J connectivity index is 2.11. The summed E-state index contributed by atoms with van der Waals surface area (Å²) in [7, 11) is 0. The fraction of sp³-hybridized carbons (Fsp3) is 0.562. The van der Waals surface area contributed by atoms with Crippen molar-refractivity contribution in [2.24, 2.45) is 0 Å². The molecule has 116 valence electrons. The summed E-state index contributed by atoms with van der Waals surface area (Å²) in [5, 5.41) is 0.307. The van der Waals surface area contributed by atoms with Gasteiger partial charge in [0.1, 0.15) is 6.10 Å². The molecular formula is C16H22BrNO3. The topological polar surface area (TPSA) is 38.8 Å². The number of nitrogens with zero attached hydrogens (tertiary/aromatic N) is 1. The molecular weight excluding hydrogens is 334 g/mol. The monoisotopic (exact) mass is 355 g/mol. The Bertz CT molecular complexity index is 478. The second-order valence-corrected chi connectivity index (χ2v) is 6.31. The summed E-state index contributed by atoms with van der Waals surface area (Å²) in [6, 6.07) is 9.94. The minimum Gasteiger partial charge on any atom is -0.348 e. The van der Waals surface area contributed by atoms with E-state index in [0.29, 0.717) is 18.5 Å². The van der Waals surface area contributed by atoms with Crippen molar-refractivity contribution < 1.29 is 14.3 Å². The van der Waals surface area contributed by atoms with E-state index in [1.165, 1.54) is 0 Å². The number of rotatable bonds is 5. The average Bonchev–Trinajstić information content (AvgIpc) is 2.84. The highest BCUT2D eigenvalue weighted by atomic mass is 79.9. The molecule has 1 aromatic carbocycles. The van der Waals surface area contributed by atoms with E-state index in [4.69, 9.17) is 9.47 Å². The maximum absolute atomic E-state index is 12.3. The number of hydrogen-bond donors (Lipinski definition) is 0. The minimum absolute atomic E-state index is 0.0444. The molecule has 21 heavy (non-hydrogen) atoms. The van der Waals surface area contributed by atoms with Gasteiger partial charge in [0.2, 0.25) is 5.91 Å². The number of carbonyl (C=O) groups is 1. The molecule has 1 aliphatic rings. The molecule has 0 radical (unpaired) electrons. The molecule has 4 nitrogen and oxygen atoms in total. The van der Waals surface area contributed by atoms with Crippen LogP contribution >= 0.6 is 15.9 Å². The normalized spacial score (nSPS) is 22.0. The van der Waals surface area contributed by atoms with Crippen molar-refractivity contribution in [2.45, 2.75) is 45.2 Å². The molecule has 2 atom stereocenters. The second kappa shape index (κ2) is 6.90. The van der Waals surface area contributed by atoms with Gasteiger partial charge in [0, 0.05) is 6.54 Å². The SMILES string of the molecule is CC(C1COC(C)(C)O1)N(Cc1ccccc1)C(=O)CBr. The summed E-state index contributed by atoms with van der Waals surface area (Å²) in [6.45, 7) is 6.89. The molecule has 1 aromatic rings. The van der Waals surface area contributed by atoms with Crippen molar-refractivity contribution in [3.63, 3.8) is 0 Å². The molecule has 1 aliphatic heterocycles. The van der Waals surface area contributed by atoms with E-state index in [2.05, 4.69) is 15.9 Å². The summed E-state index contributed by atoms with van der Waals surface area (Å²) < 4.78 is 11.5. The van der Waals surface area contributed by atoms with Crippen LogP contribution in [0.5, 0.6) is 0 Å². The first kappa shape index (κ1) is 16.5. The summed E-state index contributed by atoms with van der Waals surface area (Å²) in [5.41, 5.74) is 1.11. The Hall–Kier alpha value is -0.910. The third kappa shape index (κ3) is 4.28. The highest BCUT2D eigenvalue weighted by Gasteiger charge is 2.38. The molecule has 1 fully saturated rings. The Morgan fingerprint density at radius 1 is 1.43 bits per heavy atom. The van der Waals surface area contributed by atoms with Gasteiger partial charge in [0.15, 0.2) is 5.79 Å². The van der Waals surface area contributed by atoms with E-state index < -0.39 is 5.79 Å². The smallest absolute Gasteiger partial charge is 0.233 e. The van der Waals surface area contributed by atoms with Crippen molar-refractivity contribution in [1.82, 2.24) is 4.90 Å². The fourth-order valence-electron chi connectivity index (χ4n) is 2.47. The van der Waals surface area contributed by atoms with Gasteiger partial charge in [-0.3, -0.25) is 4.79 Å². The zero-order valence-electron chi connectivity index (χ0n) is 12.7. The third-order valence-electron chi connectivity index (χ3n) is 3.69. The quantitative estimate of drug-likeness (QED) is 0.762. The number of halogens is 1. The molecule has 0 saturated carbocycles. The largest absolute Gasteiger partial charge is 0.348 e. The van der Waals surface area contributed by atoms with Gasteiger partial charge < -0.3 is 14.4 Å². The number of benzene rings is 1. The molecule has 1 amide bonds. The standard InChI is InChI=1S/C16H22BrNO3/c1-12(14-11-20-16(2,3)21-14)18(15(19)9-17)10-13-7-5-4-6-8-13/h4-8,12,14H,9-11H2,1-3H3. The summed E-state index contributed by atoms with van der Waals surface area (Å²) in [6.07, 6.45) is -0.105. The number of alkyl halides is 1. The Morgan fingerprint density at radius 2 is 2.10 bits per heavy atom. The van der Waals surface area contributed by atoms with Gasteiger partial charge >= 0.3 is 0 Å². The van der Waals surface area contributed by atoms with Crippen LogP contribution < -0.4 is 0 Å². The molecule has 2 rings (SSSR count). The van der Waals surface area contributed by atoms with Crippen molar-refractivity contribution in [3.8, 4) is 0 Å². The van der Waals surface area contributed by atoms with E-state index in [0.717, 1.165) is 5.56 Å². The molecule has 5 heteroatoms.